The average Bonchev–Trinajstić information content (AvgIpc) is 3.39. The second-order valence-corrected chi connectivity index (χ2v) is 8.30. The van der Waals surface area contributed by atoms with Gasteiger partial charge in [-0.2, -0.15) is 0 Å². The lowest BCUT2D eigenvalue weighted by Crippen LogP contribution is -2.28. The quantitative estimate of drug-likeness (QED) is 0.525. The van der Waals surface area contributed by atoms with Crippen molar-refractivity contribution in [3.8, 4) is 0 Å². The van der Waals surface area contributed by atoms with E-state index in [0.717, 1.165) is 28.5 Å². The molecule has 0 amide bonds. The molecular formula is C20H20N6O2S. The topological polar surface area (TPSA) is 108 Å². The smallest absolute Gasteiger partial charge is 0.167 e. The van der Waals surface area contributed by atoms with E-state index in [1.807, 2.05) is 47.0 Å². The summed E-state index contributed by atoms with van der Waals surface area (Å²) in [5.74, 6) is 0.357. The first-order valence-electron chi connectivity index (χ1n) is 9.41. The van der Waals surface area contributed by atoms with Crippen molar-refractivity contribution in [2.45, 2.75) is 30.1 Å². The predicted molar refractivity (Wildman–Crippen MR) is 111 cm³/mol. The Morgan fingerprint density at radius 1 is 1.14 bits per heavy atom. The van der Waals surface area contributed by atoms with Gasteiger partial charge < -0.3 is 10.5 Å². The number of nitrogens with one attached hydrogen (secondary N) is 1. The third-order valence-electron chi connectivity index (χ3n) is 5.16. The molecule has 148 valence electrons. The number of rotatable bonds is 5. The van der Waals surface area contributed by atoms with E-state index in [9.17, 15) is 4.21 Å². The number of nitrogens with zero attached hydrogens (tertiary/aromatic N) is 4. The van der Waals surface area contributed by atoms with Gasteiger partial charge >= 0.3 is 0 Å². The first-order valence-corrected chi connectivity index (χ1v) is 10.6. The molecule has 1 aliphatic rings. The van der Waals surface area contributed by atoms with Gasteiger partial charge in [0.1, 0.15) is 29.1 Å². The summed E-state index contributed by atoms with van der Waals surface area (Å²) in [6.07, 6.45) is 4.58. The summed E-state index contributed by atoms with van der Waals surface area (Å²) in [6, 6.07) is 13.9. The maximum Gasteiger partial charge on any atom is 0.167 e. The molecule has 2 aromatic heterocycles. The molecule has 3 atom stereocenters. The zero-order valence-electron chi connectivity index (χ0n) is 15.6. The lowest BCUT2D eigenvalue weighted by molar-refractivity contribution is 0.00724. The van der Waals surface area contributed by atoms with E-state index in [1.54, 1.807) is 6.33 Å². The number of nitrogen functional groups attached to an aromatic ring is 1. The Hall–Kier alpha value is -2.88. The molecule has 0 bridgehead atoms. The van der Waals surface area contributed by atoms with E-state index in [4.69, 9.17) is 10.5 Å². The summed E-state index contributed by atoms with van der Waals surface area (Å²) >= 11 is 0. The largest absolute Gasteiger partial charge is 0.382 e. The van der Waals surface area contributed by atoms with Gasteiger partial charge in [0.2, 0.25) is 0 Å². The number of benzene rings is 2. The number of aromatic nitrogens is 4. The molecule has 5 rings (SSSR count). The zero-order chi connectivity index (χ0) is 19.8. The third-order valence-corrected chi connectivity index (χ3v) is 6.27. The van der Waals surface area contributed by atoms with E-state index in [-0.39, 0.29) is 12.3 Å². The fourth-order valence-electron chi connectivity index (χ4n) is 3.66. The number of ether oxygens (including phenoxy) is 1. The minimum Gasteiger partial charge on any atom is -0.382 e. The van der Waals surface area contributed by atoms with Crippen molar-refractivity contribution in [2.24, 2.45) is 0 Å². The Bertz CT molecular complexity index is 1210. The van der Waals surface area contributed by atoms with E-state index in [1.165, 1.54) is 6.33 Å². The second-order valence-electron chi connectivity index (χ2n) is 7.00. The van der Waals surface area contributed by atoms with Crippen molar-refractivity contribution >= 4 is 38.7 Å². The van der Waals surface area contributed by atoms with Crippen molar-refractivity contribution in [3.05, 3.63) is 55.1 Å². The third kappa shape index (κ3) is 3.48. The van der Waals surface area contributed by atoms with E-state index in [0.29, 0.717) is 23.5 Å². The SMILES string of the molecule is Nc1ncnc2c1ncn2C1CCC(CNS(=O)c2ccc3ccccc3c2)O1. The highest BCUT2D eigenvalue weighted by Gasteiger charge is 2.28. The highest BCUT2D eigenvalue weighted by molar-refractivity contribution is 7.83. The van der Waals surface area contributed by atoms with E-state index >= 15 is 0 Å². The Kier molecular flexibility index (Phi) is 4.70. The Labute approximate surface area is 169 Å². The molecule has 3 N–H and O–H groups in total. The van der Waals surface area contributed by atoms with Crippen molar-refractivity contribution < 1.29 is 8.95 Å². The average molecular weight is 408 g/mol. The normalized spacial score (nSPS) is 20.4. The second kappa shape index (κ2) is 7.51. The van der Waals surface area contributed by atoms with Crippen LogP contribution >= 0.6 is 0 Å². The van der Waals surface area contributed by atoms with Gasteiger partial charge in [-0.1, -0.05) is 30.3 Å². The summed E-state index contributed by atoms with van der Waals surface area (Å²) < 4.78 is 23.8. The molecule has 8 nitrogen and oxygen atoms in total. The van der Waals surface area contributed by atoms with Gasteiger partial charge in [-0.15, -0.1) is 0 Å². The molecule has 2 aromatic carbocycles. The molecule has 4 aromatic rings. The van der Waals surface area contributed by atoms with Gasteiger partial charge in [-0.25, -0.2) is 23.9 Å². The molecule has 0 aliphatic carbocycles. The van der Waals surface area contributed by atoms with Crippen LogP contribution in [0.5, 0.6) is 0 Å². The Balaban J connectivity index is 1.24. The first kappa shape index (κ1) is 18.2. The van der Waals surface area contributed by atoms with Gasteiger partial charge in [0.25, 0.3) is 0 Å². The van der Waals surface area contributed by atoms with Crippen LogP contribution in [0.15, 0.2) is 60.0 Å². The van der Waals surface area contributed by atoms with Crippen LogP contribution in [0.3, 0.4) is 0 Å². The lowest BCUT2D eigenvalue weighted by Gasteiger charge is -2.15. The summed E-state index contributed by atoms with van der Waals surface area (Å²) in [5.41, 5.74) is 7.10. The highest BCUT2D eigenvalue weighted by Crippen LogP contribution is 2.30. The molecule has 29 heavy (non-hydrogen) atoms. The van der Waals surface area contributed by atoms with Gasteiger partial charge in [0.15, 0.2) is 11.5 Å². The fourth-order valence-corrected chi connectivity index (χ4v) is 4.59. The monoisotopic (exact) mass is 408 g/mol. The van der Waals surface area contributed by atoms with Crippen LogP contribution in [-0.4, -0.2) is 36.4 Å². The number of hydrogen-bond donors (Lipinski definition) is 2. The fraction of sp³-hybridized carbons (Fsp3) is 0.250. The van der Waals surface area contributed by atoms with Gasteiger partial charge in [-0.3, -0.25) is 4.57 Å². The standard InChI is InChI=1S/C20H20N6O2S/c21-19-18-20(23-11-22-19)26(12-24-18)17-8-6-15(28-17)10-25-29(27)16-7-5-13-3-1-2-4-14(13)9-16/h1-5,7,9,11-12,15,17,25H,6,8,10H2,(H2,21,22,23). The zero-order valence-corrected chi connectivity index (χ0v) is 16.4. The lowest BCUT2D eigenvalue weighted by atomic mass is 10.1. The summed E-state index contributed by atoms with van der Waals surface area (Å²) in [6.45, 7) is 0.500. The summed E-state index contributed by atoms with van der Waals surface area (Å²) in [5, 5.41) is 2.21. The van der Waals surface area contributed by atoms with Crippen molar-refractivity contribution in [1.29, 1.82) is 0 Å². The molecule has 1 aliphatic heterocycles. The molecule has 1 fully saturated rings. The molecule has 9 heteroatoms. The summed E-state index contributed by atoms with van der Waals surface area (Å²) in [7, 11) is -1.30. The van der Waals surface area contributed by atoms with Gasteiger partial charge in [0.05, 0.1) is 17.3 Å². The van der Waals surface area contributed by atoms with Crippen LogP contribution in [0.4, 0.5) is 5.82 Å². The van der Waals surface area contributed by atoms with Crippen LogP contribution in [0.1, 0.15) is 19.1 Å². The van der Waals surface area contributed by atoms with Crippen molar-refractivity contribution in [2.75, 3.05) is 12.3 Å². The van der Waals surface area contributed by atoms with E-state index in [2.05, 4.69) is 19.7 Å². The van der Waals surface area contributed by atoms with Crippen LogP contribution in [-0.2, 0) is 15.7 Å². The molecule has 3 unspecified atom stereocenters. The van der Waals surface area contributed by atoms with Crippen LogP contribution in [0, 0.1) is 0 Å². The van der Waals surface area contributed by atoms with Crippen LogP contribution in [0.25, 0.3) is 21.9 Å². The summed E-state index contributed by atoms with van der Waals surface area (Å²) in [4.78, 5) is 13.3. The van der Waals surface area contributed by atoms with Gasteiger partial charge in [-0.05, 0) is 35.7 Å². The van der Waals surface area contributed by atoms with Crippen LogP contribution < -0.4 is 10.5 Å². The van der Waals surface area contributed by atoms with Crippen LogP contribution in [0.2, 0.25) is 0 Å². The van der Waals surface area contributed by atoms with Crippen molar-refractivity contribution in [1.82, 2.24) is 24.2 Å². The number of nitrogens with two attached hydrogens (primary N) is 1. The number of hydrogen-bond acceptors (Lipinski definition) is 6. The highest BCUT2D eigenvalue weighted by atomic mass is 32.2. The Morgan fingerprint density at radius 2 is 2.00 bits per heavy atom. The first-order chi connectivity index (χ1) is 14.2. The molecule has 3 heterocycles. The minimum atomic E-state index is -1.30. The molecule has 0 saturated carbocycles. The number of fused-ring (bicyclic) bond motifs is 2. The number of imidazole rings is 1. The maximum absolute atomic E-state index is 12.7. The predicted octanol–water partition coefficient (Wildman–Crippen LogP) is 2.55. The maximum atomic E-state index is 12.7. The molecule has 0 spiro atoms. The van der Waals surface area contributed by atoms with Crippen molar-refractivity contribution in [3.63, 3.8) is 0 Å². The molecule has 0 radical (unpaired) electrons. The van der Waals surface area contributed by atoms with E-state index < -0.39 is 11.0 Å². The number of anilines is 1. The molecular weight excluding hydrogens is 388 g/mol. The Morgan fingerprint density at radius 3 is 2.90 bits per heavy atom. The molecule has 1 saturated heterocycles. The minimum absolute atomic E-state index is 0.0407. The van der Waals surface area contributed by atoms with Gasteiger partial charge in [0, 0.05) is 6.54 Å².